The van der Waals surface area contributed by atoms with Crippen LogP contribution in [-0.2, 0) is 0 Å². The largest absolute Gasteiger partial charge is 0.467 e. The molecular formula is C18H28Cl2N8O2. The zero-order valence-corrected chi connectivity index (χ0v) is 18.9. The first kappa shape index (κ1) is 24.2. The summed E-state index contributed by atoms with van der Waals surface area (Å²) in [7, 11) is 2.91. The lowest BCUT2D eigenvalue weighted by atomic mass is 10.1. The van der Waals surface area contributed by atoms with Gasteiger partial charge in [-0.05, 0) is 42.6 Å². The summed E-state index contributed by atoms with van der Waals surface area (Å²) in [4.78, 5) is 26.5. The Morgan fingerprint density at radius 2 is 1.10 bits per heavy atom. The molecule has 0 aliphatic heterocycles. The second-order valence-electron chi connectivity index (χ2n) is 6.55. The second-order valence-corrected chi connectivity index (χ2v) is 7.23. The molecule has 0 radical (unpaired) electrons. The molecule has 166 valence electrons. The van der Waals surface area contributed by atoms with Crippen LogP contribution in [0.1, 0.15) is 51.4 Å². The van der Waals surface area contributed by atoms with Crippen molar-refractivity contribution in [2.75, 3.05) is 32.2 Å². The molecule has 2 aromatic rings. The Morgan fingerprint density at radius 1 is 0.667 bits per heavy atom. The lowest BCUT2D eigenvalue weighted by molar-refractivity contribution is 0.376. The number of methoxy groups -OCH3 is 2. The third-order valence-electron chi connectivity index (χ3n) is 4.34. The van der Waals surface area contributed by atoms with Crippen molar-refractivity contribution in [3.05, 3.63) is 10.6 Å². The highest BCUT2D eigenvalue weighted by Gasteiger charge is 2.20. The van der Waals surface area contributed by atoms with Gasteiger partial charge in [-0.25, -0.2) is 0 Å². The SMILES string of the molecule is COc1nc(Cl)nc(N(CCCCCCCCCCN)c2nc(Cl)nc(OC)n2)n1. The third-order valence-corrected chi connectivity index (χ3v) is 4.67. The van der Waals surface area contributed by atoms with E-state index in [4.69, 9.17) is 38.4 Å². The smallest absolute Gasteiger partial charge is 0.322 e. The molecule has 30 heavy (non-hydrogen) atoms. The van der Waals surface area contributed by atoms with Gasteiger partial charge in [-0.1, -0.05) is 38.5 Å². The fraction of sp³-hybridized carbons (Fsp3) is 0.667. The summed E-state index contributed by atoms with van der Waals surface area (Å²) in [6, 6.07) is 0.194. The minimum atomic E-state index is 0.00597. The molecule has 0 fully saturated rings. The van der Waals surface area contributed by atoms with Crippen LogP contribution in [0.5, 0.6) is 12.0 Å². The summed E-state index contributed by atoms with van der Waals surface area (Å²) in [6.07, 6.45) is 9.01. The third kappa shape index (κ3) is 8.00. The molecule has 0 aliphatic rings. The van der Waals surface area contributed by atoms with E-state index in [1.807, 2.05) is 0 Å². The highest BCUT2D eigenvalue weighted by atomic mass is 35.5. The predicted molar refractivity (Wildman–Crippen MR) is 116 cm³/mol. The molecule has 0 bridgehead atoms. The molecule has 2 rings (SSSR count). The molecule has 0 saturated heterocycles. The van der Waals surface area contributed by atoms with Crippen LogP contribution in [0.15, 0.2) is 0 Å². The Balaban J connectivity index is 2.06. The van der Waals surface area contributed by atoms with E-state index in [-0.39, 0.29) is 34.5 Å². The van der Waals surface area contributed by atoms with Crippen molar-refractivity contribution in [1.29, 1.82) is 0 Å². The maximum absolute atomic E-state index is 6.02. The number of aromatic nitrogens is 6. The quantitative estimate of drug-likeness (QED) is 0.419. The van der Waals surface area contributed by atoms with Crippen LogP contribution in [0.25, 0.3) is 0 Å². The first-order valence-electron chi connectivity index (χ1n) is 9.96. The fourth-order valence-corrected chi connectivity index (χ4v) is 3.13. The molecule has 12 heteroatoms. The number of ether oxygens (including phenoxy) is 2. The standard InChI is InChI=1S/C18H28Cl2N8O2/c1-29-17-24-13(19)22-15(26-17)28(16-23-14(20)25-18(27-16)30-2)12-10-8-6-4-3-5-7-9-11-21/h3-12,21H2,1-2H3. The van der Waals surface area contributed by atoms with E-state index in [1.54, 1.807) is 4.90 Å². The van der Waals surface area contributed by atoms with Gasteiger partial charge < -0.3 is 15.2 Å². The van der Waals surface area contributed by atoms with Crippen LogP contribution in [-0.4, -0.2) is 57.2 Å². The normalized spacial score (nSPS) is 10.8. The summed E-state index contributed by atoms with van der Waals surface area (Å²) in [6.45, 7) is 1.33. The molecule has 2 N–H and O–H groups in total. The van der Waals surface area contributed by atoms with Crippen LogP contribution < -0.4 is 20.1 Å². The lowest BCUT2D eigenvalue weighted by Gasteiger charge is -2.21. The molecular weight excluding hydrogens is 431 g/mol. The van der Waals surface area contributed by atoms with Crippen LogP contribution >= 0.6 is 23.2 Å². The van der Waals surface area contributed by atoms with E-state index in [0.717, 1.165) is 32.2 Å². The molecule has 0 aromatic carbocycles. The van der Waals surface area contributed by atoms with Gasteiger partial charge in [-0.15, -0.1) is 0 Å². The minimum Gasteiger partial charge on any atom is -0.467 e. The Kier molecular flexibility index (Phi) is 10.7. The molecule has 2 heterocycles. The Hall–Kier alpha value is -2.04. The first-order chi connectivity index (χ1) is 14.6. The van der Waals surface area contributed by atoms with Gasteiger partial charge in [0.25, 0.3) is 0 Å². The van der Waals surface area contributed by atoms with Gasteiger partial charge in [0.05, 0.1) is 14.2 Å². The zero-order chi connectivity index (χ0) is 21.8. The number of anilines is 2. The Bertz CT molecular complexity index is 730. The lowest BCUT2D eigenvalue weighted by Crippen LogP contribution is -2.24. The van der Waals surface area contributed by atoms with Gasteiger partial charge in [0.2, 0.25) is 22.5 Å². The molecule has 0 spiro atoms. The Morgan fingerprint density at radius 3 is 1.53 bits per heavy atom. The summed E-state index contributed by atoms with van der Waals surface area (Å²) in [5, 5.41) is 0.0119. The van der Waals surface area contributed by atoms with Gasteiger partial charge >= 0.3 is 12.0 Å². The van der Waals surface area contributed by atoms with E-state index in [1.165, 1.54) is 39.9 Å². The van der Waals surface area contributed by atoms with Crippen LogP contribution in [0.4, 0.5) is 11.9 Å². The monoisotopic (exact) mass is 458 g/mol. The fourth-order valence-electron chi connectivity index (χ4n) is 2.83. The van der Waals surface area contributed by atoms with E-state index >= 15 is 0 Å². The predicted octanol–water partition coefficient (Wildman–Crippen LogP) is 3.60. The molecule has 0 atom stereocenters. The van der Waals surface area contributed by atoms with E-state index in [0.29, 0.717) is 6.54 Å². The average Bonchev–Trinajstić information content (AvgIpc) is 2.74. The van der Waals surface area contributed by atoms with Crippen molar-refractivity contribution in [2.45, 2.75) is 51.4 Å². The molecule has 0 saturated carbocycles. The topological polar surface area (TPSA) is 125 Å². The van der Waals surface area contributed by atoms with Gasteiger partial charge in [0.1, 0.15) is 0 Å². The van der Waals surface area contributed by atoms with Crippen molar-refractivity contribution in [2.24, 2.45) is 5.73 Å². The number of unbranched alkanes of at least 4 members (excludes halogenated alkanes) is 7. The molecule has 10 nitrogen and oxygen atoms in total. The molecule has 0 unspecified atom stereocenters. The van der Waals surface area contributed by atoms with E-state index in [2.05, 4.69) is 29.9 Å². The van der Waals surface area contributed by atoms with Crippen molar-refractivity contribution in [3.63, 3.8) is 0 Å². The number of rotatable bonds is 14. The van der Waals surface area contributed by atoms with Gasteiger partial charge in [0, 0.05) is 6.54 Å². The highest BCUT2D eigenvalue weighted by Crippen LogP contribution is 2.24. The number of hydrogen-bond acceptors (Lipinski definition) is 10. The molecule has 2 aromatic heterocycles. The van der Waals surface area contributed by atoms with Gasteiger partial charge in [-0.2, -0.15) is 29.9 Å². The number of nitrogens with zero attached hydrogens (tertiary/aromatic N) is 7. The van der Waals surface area contributed by atoms with Crippen LogP contribution in [0.2, 0.25) is 10.6 Å². The maximum atomic E-state index is 6.02. The summed E-state index contributed by atoms with van der Waals surface area (Å²) in [5.41, 5.74) is 5.52. The summed E-state index contributed by atoms with van der Waals surface area (Å²) >= 11 is 12.0. The number of hydrogen-bond donors (Lipinski definition) is 1. The zero-order valence-electron chi connectivity index (χ0n) is 17.4. The highest BCUT2D eigenvalue weighted by molar-refractivity contribution is 6.28. The number of halogens is 2. The van der Waals surface area contributed by atoms with Gasteiger partial charge in [-0.3, -0.25) is 4.90 Å². The van der Waals surface area contributed by atoms with Gasteiger partial charge in [0.15, 0.2) is 0 Å². The second kappa shape index (κ2) is 13.3. The molecule has 0 aliphatic carbocycles. The maximum Gasteiger partial charge on any atom is 0.322 e. The average molecular weight is 459 g/mol. The van der Waals surface area contributed by atoms with E-state index < -0.39 is 0 Å². The van der Waals surface area contributed by atoms with Crippen molar-refractivity contribution >= 4 is 35.1 Å². The van der Waals surface area contributed by atoms with Crippen molar-refractivity contribution < 1.29 is 9.47 Å². The van der Waals surface area contributed by atoms with Crippen LogP contribution in [0.3, 0.4) is 0 Å². The minimum absolute atomic E-state index is 0.00597. The van der Waals surface area contributed by atoms with Crippen molar-refractivity contribution in [1.82, 2.24) is 29.9 Å². The van der Waals surface area contributed by atoms with Crippen molar-refractivity contribution in [3.8, 4) is 12.0 Å². The molecule has 0 amide bonds. The summed E-state index contributed by atoms with van der Waals surface area (Å²) < 4.78 is 10.2. The van der Waals surface area contributed by atoms with Crippen LogP contribution in [0, 0.1) is 0 Å². The summed E-state index contributed by atoms with van der Waals surface area (Å²) in [5.74, 6) is 0.524. The first-order valence-corrected chi connectivity index (χ1v) is 10.7. The van der Waals surface area contributed by atoms with E-state index in [9.17, 15) is 0 Å². The Labute approximate surface area is 186 Å². The number of nitrogens with two attached hydrogens (primary N) is 1.